The standard InChI is InChI=1S/C19H20N2O/c1-13-5-7-15(8-6-13)19-20-17-12-16(21-9-3-4-10-21)11-14(2)18(17)22-19/h5-8,11-12H,3-4,9-10H2,1-2H3. The van der Waals surface area contributed by atoms with E-state index < -0.39 is 0 Å². The van der Waals surface area contributed by atoms with Crippen LogP contribution in [0.3, 0.4) is 0 Å². The summed E-state index contributed by atoms with van der Waals surface area (Å²) in [7, 11) is 0. The molecule has 0 saturated carbocycles. The van der Waals surface area contributed by atoms with Gasteiger partial charge in [-0.25, -0.2) is 4.98 Å². The van der Waals surface area contributed by atoms with Crippen molar-refractivity contribution >= 4 is 16.8 Å². The quantitative estimate of drug-likeness (QED) is 0.685. The van der Waals surface area contributed by atoms with Gasteiger partial charge in [-0.15, -0.1) is 0 Å². The molecule has 3 aromatic rings. The van der Waals surface area contributed by atoms with Crippen LogP contribution in [-0.4, -0.2) is 18.1 Å². The molecule has 1 aliphatic heterocycles. The van der Waals surface area contributed by atoms with Crippen LogP contribution in [0.4, 0.5) is 5.69 Å². The number of nitrogens with zero attached hydrogens (tertiary/aromatic N) is 2. The van der Waals surface area contributed by atoms with Gasteiger partial charge < -0.3 is 9.32 Å². The number of benzene rings is 2. The molecule has 0 N–H and O–H groups in total. The zero-order chi connectivity index (χ0) is 15.1. The summed E-state index contributed by atoms with van der Waals surface area (Å²) in [5, 5.41) is 0. The fourth-order valence-electron chi connectivity index (χ4n) is 3.16. The predicted molar refractivity (Wildman–Crippen MR) is 90.4 cm³/mol. The Bertz CT molecular complexity index is 811. The van der Waals surface area contributed by atoms with Crippen LogP contribution in [0.2, 0.25) is 0 Å². The van der Waals surface area contributed by atoms with E-state index in [0.29, 0.717) is 5.89 Å². The molecule has 1 fully saturated rings. The van der Waals surface area contributed by atoms with Crippen molar-refractivity contribution in [3.63, 3.8) is 0 Å². The van der Waals surface area contributed by atoms with Crippen molar-refractivity contribution in [1.82, 2.24) is 4.98 Å². The molecule has 1 aliphatic rings. The monoisotopic (exact) mass is 292 g/mol. The molecule has 0 spiro atoms. The van der Waals surface area contributed by atoms with Crippen LogP contribution >= 0.6 is 0 Å². The van der Waals surface area contributed by atoms with E-state index in [-0.39, 0.29) is 0 Å². The van der Waals surface area contributed by atoms with Crippen LogP contribution in [-0.2, 0) is 0 Å². The second-order valence-electron chi connectivity index (χ2n) is 6.19. The lowest BCUT2D eigenvalue weighted by molar-refractivity contribution is 0.617. The van der Waals surface area contributed by atoms with Crippen molar-refractivity contribution in [2.75, 3.05) is 18.0 Å². The Morgan fingerprint density at radius 1 is 1.00 bits per heavy atom. The third-order valence-electron chi connectivity index (χ3n) is 4.43. The highest BCUT2D eigenvalue weighted by molar-refractivity contribution is 5.83. The first-order chi connectivity index (χ1) is 10.7. The largest absolute Gasteiger partial charge is 0.436 e. The number of aryl methyl sites for hydroxylation is 2. The molecule has 0 atom stereocenters. The summed E-state index contributed by atoms with van der Waals surface area (Å²) in [6, 6.07) is 12.7. The number of anilines is 1. The Kier molecular flexibility index (Phi) is 3.14. The highest BCUT2D eigenvalue weighted by atomic mass is 16.3. The molecule has 3 nitrogen and oxygen atoms in total. The normalized spacial score (nSPS) is 14.9. The van der Waals surface area contributed by atoms with Gasteiger partial charge >= 0.3 is 0 Å². The molecular weight excluding hydrogens is 272 g/mol. The molecule has 1 aromatic heterocycles. The molecule has 3 heteroatoms. The number of fused-ring (bicyclic) bond motifs is 1. The fourth-order valence-corrected chi connectivity index (χ4v) is 3.16. The minimum Gasteiger partial charge on any atom is -0.436 e. The highest BCUT2D eigenvalue weighted by Gasteiger charge is 2.16. The van der Waals surface area contributed by atoms with Crippen molar-refractivity contribution in [3.8, 4) is 11.5 Å². The summed E-state index contributed by atoms with van der Waals surface area (Å²) in [6.45, 7) is 6.48. The van der Waals surface area contributed by atoms with Crippen LogP contribution in [0.5, 0.6) is 0 Å². The Balaban J connectivity index is 1.79. The van der Waals surface area contributed by atoms with Gasteiger partial charge in [-0.1, -0.05) is 17.7 Å². The van der Waals surface area contributed by atoms with Crippen molar-refractivity contribution in [1.29, 1.82) is 0 Å². The molecule has 2 aromatic carbocycles. The number of hydrogen-bond acceptors (Lipinski definition) is 3. The van der Waals surface area contributed by atoms with E-state index in [0.717, 1.165) is 35.3 Å². The first-order valence-electron chi connectivity index (χ1n) is 7.94. The summed E-state index contributed by atoms with van der Waals surface area (Å²) in [5.74, 6) is 0.705. The van der Waals surface area contributed by atoms with Crippen molar-refractivity contribution in [3.05, 3.63) is 47.5 Å². The molecule has 2 heterocycles. The first-order valence-corrected chi connectivity index (χ1v) is 7.94. The summed E-state index contributed by atoms with van der Waals surface area (Å²) in [5.41, 5.74) is 6.56. The Morgan fingerprint density at radius 2 is 1.73 bits per heavy atom. The molecule has 0 amide bonds. The van der Waals surface area contributed by atoms with Crippen molar-refractivity contribution in [2.24, 2.45) is 0 Å². The fraction of sp³-hybridized carbons (Fsp3) is 0.316. The molecule has 0 aliphatic carbocycles. The van der Waals surface area contributed by atoms with Crippen LogP contribution in [0.25, 0.3) is 22.6 Å². The van der Waals surface area contributed by atoms with Gasteiger partial charge in [-0.3, -0.25) is 0 Å². The smallest absolute Gasteiger partial charge is 0.227 e. The number of aromatic nitrogens is 1. The molecular formula is C19H20N2O. The lowest BCUT2D eigenvalue weighted by Gasteiger charge is -2.17. The topological polar surface area (TPSA) is 29.3 Å². The lowest BCUT2D eigenvalue weighted by atomic mass is 10.1. The minimum absolute atomic E-state index is 0.705. The number of hydrogen-bond donors (Lipinski definition) is 0. The van der Waals surface area contributed by atoms with E-state index in [1.807, 2.05) is 0 Å². The molecule has 0 radical (unpaired) electrons. The van der Waals surface area contributed by atoms with Gasteiger partial charge in [0.15, 0.2) is 5.58 Å². The molecule has 22 heavy (non-hydrogen) atoms. The van der Waals surface area contributed by atoms with Crippen LogP contribution in [0, 0.1) is 13.8 Å². The van der Waals surface area contributed by atoms with E-state index in [9.17, 15) is 0 Å². The summed E-state index contributed by atoms with van der Waals surface area (Å²) >= 11 is 0. The summed E-state index contributed by atoms with van der Waals surface area (Å²) in [4.78, 5) is 7.15. The maximum absolute atomic E-state index is 6.01. The Hall–Kier alpha value is -2.29. The highest BCUT2D eigenvalue weighted by Crippen LogP contribution is 2.31. The average Bonchev–Trinajstić information content (AvgIpc) is 3.17. The zero-order valence-corrected chi connectivity index (χ0v) is 13.1. The molecule has 0 unspecified atom stereocenters. The van der Waals surface area contributed by atoms with Gasteiger partial charge in [0.2, 0.25) is 5.89 Å². The van der Waals surface area contributed by atoms with Gasteiger partial charge in [-0.2, -0.15) is 0 Å². The Morgan fingerprint density at radius 3 is 2.45 bits per heavy atom. The lowest BCUT2D eigenvalue weighted by Crippen LogP contribution is -2.17. The molecule has 112 valence electrons. The van der Waals surface area contributed by atoms with Gasteiger partial charge in [-0.05, 0) is 56.5 Å². The summed E-state index contributed by atoms with van der Waals surface area (Å²) in [6.07, 6.45) is 2.56. The minimum atomic E-state index is 0.705. The second kappa shape index (κ2) is 5.16. The van der Waals surface area contributed by atoms with Crippen LogP contribution in [0.1, 0.15) is 24.0 Å². The SMILES string of the molecule is Cc1ccc(-c2nc3cc(N4CCCC4)cc(C)c3o2)cc1. The van der Waals surface area contributed by atoms with Gasteiger partial charge in [0.1, 0.15) is 5.52 Å². The van der Waals surface area contributed by atoms with E-state index >= 15 is 0 Å². The van der Waals surface area contributed by atoms with Gasteiger partial charge in [0, 0.05) is 24.3 Å². The molecule has 4 rings (SSSR count). The molecule has 0 bridgehead atoms. The van der Waals surface area contributed by atoms with E-state index in [1.54, 1.807) is 0 Å². The number of oxazole rings is 1. The van der Waals surface area contributed by atoms with Crippen LogP contribution in [0.15, 0.2) is 40.8 Å². The average molecular weight is 292 g/mol. The molecule has 1 saturated heterocycles. The van der Waals surface area contributed by atoms with E-state index in [2.05, 4.69) is 55.1 Å². The van der Waals surface area contributed by atoms with Gasteiger partial charge in [0.05, 0.1) is 0 Å². The van der Waals surface area contributed by atoms with Gasteiger partial charge in [0.25, 0.3) is 0 Å². The maximum Gasteiger partial charge on any atom is 0.227 e. The van der Waals surface area contributed by atoms with Crippen LogP contribution < -0.4 is 4.90 Å². The van der Waals surface area contributed by atoms with E-state index in [1.165, 1.54) is 24.1 Å². The first kappa shape index (κ1) is 13.4. The van der Waals surface area contributed by atoms with Crippen molar-refractivity contribution in [2.45, 2.75) is 26.7 Å². The summed E-state index contributed by atoms with van der Waals surface area (Å²) < 4.78 is 6.01. The third kappa shape index (κ3) is 2.27. The second-order valence-corrected chi connectivity index (χ2v) is 6.19. The Labute approximate surface area is 130 Å². The van der Waals surface area contributed by atoms with Crippen molar-refractivity contribution < 1.29 is 4.42 Å². The van der Waals surface area contributed by atoms with E-state index in [4.69, 9.17) is 9.40 Å². The third-order valence-corrected chi connectivity index (χ3v) is 4.43. The zero-order valence-electron chi connectivity index (χ0n) is 13.1. The predicted octanol–water partition coefficient (Wildman–Crippen LogP) is 4.71. The number of rotatable bonds is 2. The maximum atomic E-state index is 6.01.